The van der Waals surface area contributed by atoms with E-state index >= 15 is 0 Å². The molecular formula is C26H36ClFN4O. The smallest absolute Gasteiger partial charge is 0.255 e. The highest BCUT2D eigenvalue weighted by Crippen LogP contribution is 2.24. The molecule has 3 rings (SSSR count). The zero-order valence-corrected chi connectivity index (χ0v) is 20.5. The van der Waals surface area contributed by atoms with Crippen LogP contribution in [-0.4, -0.2) is 41.5 Å². The van der Waals surface area contributed by atoms with Crippen molar-refractivity contribution in [3.63, 3.8) is 0 Å². The Morgan fingerprint density at radius 3 is 2.82 bits per heavy atom. The number of likely N-dealkylation sites (tertiary alicyclic amines) is 1. The van der Waals surface area contributed by atoms with Gasteiger partial charge in [0.25, 0.3) is 5.91 Å². The maximum Gasteiger partial charge on any atom is 0.255 e. The molecule has 33 heavy (non-hydrogen) atoms. The average Bonchev–Trinajstić information content (AvgIpc) is 2.82. The van der Waals surface area contributed by atoms with Crippen molar-refractivity contribution in [3.8, 4) is 0 Å². The van der Waals surface area contributed by atoms with Crippen molar-refractivity contribution in [1.82, 2.24) is 15.2 Å². The largest absolute Gasteiger partial charge is 0.365 e. The first-order valence-corrected chi connectivity index (χ1v) is 12.5. The number of rotatable bonds is 11. The van der Waals surface area contributed by atoms with Crippen LogP contribution in [0.3, 0.4) is 0 Å². The molecule has 0 spiro atoms. The van der Waals surface area contributed by atoms with Gasteiger partial charge < -0.3 is 10.6 Å². The van der Waals surface area contributed by atoms with Gasteiger partial charge in [-0.2, -0.15) is 0 Å². The van der Waals surface area contributed by atoms with Gasteiger partial charge in [-0.05, 0) is 43.4 Å². The molecule has 2 atom stereocenters. The van der Waals surface area contributed by atoms with Crippen molar-refractivity contribution in [2.75, 3.05) is 25.0 Å². The van der Waals surface area contributed by atoms with Crippen LogP contribution in [0.25, 0.3) is 0 Å². The lowest BCUT2D eigenvalue weighted by Gasteiger charge is -2.33. The topological polar surface area (TPSA) is 57.3 Å². The molecule has 2 unspecified atom stereocenters. The lowest BCUT2D eigenvalue weighted by molar-refractivity contribution is 0.0945. The van der Waals surface area contributed by atoms with Crippen LogP contribution in [0.4, 0.5) is 10.2 Å². The summed E-state index contributed by atoms with van der Waals surface area (Å²) in [5, 5.41) is 6.15. The van der Waals surface area contributed by atoms with E-state index in [2.05, 4.69) is 58.6 Å². The summed E-state index contributed by atoms with van der Waals surface area (Å²) in [4.78, 5) is 19.5. The number of piperidine rings is 1. The minimum absolute atomic E-state index is 0.107. The standard InChI is InChI=1S/C26H36ClFN4O/c1-3-5-10-19(4-2)16-29-26(33)22-15-23(28)24(27)31-25(22)30-21-13-9-14-32(18-21)17-20-11-7-6-8-12-20/h6-8,11-12,15,19,21H,3-5,9-10,13-14,16-18H2,1-2H3,(H,29,33)(H,30,31). The first-order chi connectivity index (χ1) is 16.0. The molecule has 2 N–H and O–H groups in total. The molecule has 2 aromatic rings. The molecule has 180 valence electrons. The van der Waals surface area contributed by atoms with Crippen LogP contribution in [0.1, 0.15) is 68.3 Å². The highest BCUT2D eigenvalue weighted by atomic mass is 35.5. The molecule has 1 aliphatic heterocycles. The zero-order chi connectivity index (χ0) is 23.6. The van der Waals surface area contributed by atoms with Crippen molar-refractivity contribution in [1.29, 1.82) is 0 Å². The van der Waals surface area contributed by atoms with Crippen molar-refractivity contribution >= 4 is 23.3 Å². The number of hydrogen-bond donors (Lipinski definition) is 2. The summed E-state index contributed by atoms with van der Waals surface area (Å²) in [6.45, 7) is 7.59. The summed E-state index contributed by atoms with van der Waals surface area (Å²) in [6, 6.07) is 11.7. The predicted octanol–water partition coefficient (Wildman–Crippen LogP) is 5.90. The summed E-state index contributed by atoms with van der Waals surface area (Å²) in [6.07, 6.45) is 6.34. The van der Waals surface area contributed by atoms with Crippen molar-refractivity contribution in [2.24, 2.45) is 5.92 Å². The average molecular weight is 475 g/mol. The highest BCUT2D eigenvalue weighted by Gasteiger charge is 2.24. The number of benzene rings is 1. The number of pyridine rings is 1. The van der Waals surface area contributed by atoms with Gasteiger partial charge in [0.2, 0.25) is 0 Å². The Bertz CT molecular complexity index is 895. The Morgan fingerprint density at radius 2 is 2.09 bits per heavy atom. The number of nitrogens with zero attached hydrogens (tertiary/aromatic N) is 2. The first-order valence-electron chi connectivity index (χ1n) is 12.2. The van der Waals surface area contributed by atoms with Gasteiger partial charge in [-0.15, -0.1) is 0 Å². The molecule has 1 aromatic carbocycles. The van der Waals surface area contributed by atoms with Crippen LogP contribution < -0.4 is 10.6 Å². The molecule has 1 amide bonds. The second-order valence-corrected chi connectivity index (χ2v) is 9.35. The van der Waals surface area contributed by atoms with E-state index in [4.69, 9.17) is 11.6 Å². The quantitative estimate of drug-likeness (QED) is 0.398. The fraction of sp³-hybridized carbons (Fsp3) is 0.538. The van der Waals surface area contributed by atoms with Crippen LogP contribution >= 0.6 is 11.6 Å². The van der Waals surface area contributed by atoms with E-state index in [9.17, 15) is 9.18 Å². The second-order valence-electron chi connectivity index (χ2n) is 8.99. The number of anilines is 1. The minimum Gasteiger partial charge on any atom is -0.365 e. The fourth-order valence-electron chi connectivity index (χ4n) is 4.38. The number of unbranched alkanes of at least 4 members (excludes halogenated alkanes) is 1. The Labute approximate surface area is 202 Å². The van der Waals surface area contributed by atoms with E-state index in [1.54, 1.807) is 0 Å². The number of halogens is 2. The van der Waals surface area contributed by atoms with Gasteiger partial charge in [-0.1, -0.05) is 75.0 Å². The lowest BCUT2D eigenvalue weighted by atomic mass is 9.99. The lowest BCUT2D eigenvalue weighted by Crippen LogP contribution is -2.42. The second kappa shape index (κ2) is 12.9. The Balaban J connectivity index is 1.66. The normalized spacial score (nSPS) is 17.5. The van der Waals surface area contributed by atoms with E-state index < -0.39 is 5.82 Å². The molecule has 1 aliphatic rings. The van der Waals surface area contributed by atoms with Crippen LogP contribution in [0.5, 0.6) is 0 Å². The SMILES string of the molecule is CCCCC(CC)CNC(=O)c1cc(F)c(Cl)nc1NC1CCCN(Cc2ccccc2)C1. The zero-order valence-electron chi connectivity index (χ0n) is 19.7. The highest BCUT2D eigenvalue weighted by molar-refractivity contribution is 6.29. The van der Waals surface area contributed by atoms with Crippen LogP contribution in [-0.2, 0) is 6.54 Å². The predicted molar refractivity (Wildman–Crippen MR) is 133 cm³/mol. The van der Waals surface area contributed by atoms with Gasteiger partial charge in [-0.25, -0.2) is 9.37 Å². The maximum absolute atomic E-state index is 14.2. The van der Waals surface area contributed by atoms with Gasteiger partial charge in [0.05, 0.1) is 5.56 Å². The molecular weight excluding hydrogens is 439 g/mol. The number of hydrogen-bond acceptors (Lipinski definition) is 4. The number of carbonyl (C=O) groups excluding carboxylic acids is 1. The molecule has 1 aromatic heterocycles. The molecule has 1 fully saturated rings. The van der Waals surface area contributed by atoms with Crippen molar-refractivity contribution in [2.45, 2.75) is 65.0 Å². The van der Waals surface area contributed by atoms with Crippen molar-refractivity contribution < 1.29 is 9.18 Å². The van der Waals surface area contributed by atoms with E-state index in [0.717, 1.165) is 58.2 Å². The van der Waals surface area contributed by atoms with Gasteiger partial charge in [0.1, 0.15) is 5.82 Å². The Morgan fingerprint density at radius 1 is 1.30 bits per heavy atom. The fourth-order valence-corrected chi connectivity index (χ4v) is 4.52. The molecule has 7 heteroatoms. The number of aromatic nitrogens is 1. The molecule has 0 radical (unpaired) electrons. The third-order valence-corrected chi connectivity index (χ3v) is 6.63. The summed E-state index contributed by atoms with van der Waals surface area (Å²) in [5.41, 5.74) is 1.48. The Hall–Kier alpha value is -2.18. The van der Waals surface area contributed by atoms with Crippen molar-refractivity contribution in [3.05, 3.63) is 58.5 Å². The third kappa shape index (κ3) is 7.68. The first kappa shape index (κ1) is 25.4. The van der Waals surface area contributed by atoms with E-state index in [0.29, 0.717) is 18.3 Å². The van der Waals surface area contributed by atoms with E-state index in [1.807, 2.05) is 6.07 Å². The molecule has 5 nitrogen and oxygen atoms in total. The van der Waals surface area contributed by atoms with E-state index in [-0.39, 0.29) is 22.7 Å². The van der Waals surface area contributed by atoms with Crippen LogP contribution in [0, 0.1) is 11.7 Å². The molecule has 0 bridgehead atoms. The maximum atomic E-state index is 14.2. The molecule has 1 saturated heterocycles. The number of carbonyl (C=O) groups is 1. The van der Waals surface area contributed by atoms with Crippen LogP contribution in [0.15, 0.2) is 36.4 Å². The van der Waals surface area contributed by atoms with Gasteiger partial charge >= 0.3 is 0 Å². The summed E-state index contributed by atoms with van der Waals surface area (Å²) < 4.78 is 14.2. The molecule has 0 aliphatic carbocycles. The summed E-state index contributed by atoms with van der Waals surface area (Å²) in [7, 11) is 0. The summed E-state index contributed by atoms with van der Waals surface area (Å²) >= 11 is 5.98. The number of amides is 1. The van der Waals surface area contributed by atoms with Gasteiger partial charge in [0, 0.05) is 25.7 Å². The van der Waals surface area contributed by atoms with Crippen LogP contribution in [0.2, 0.25) is 5.15 Å². The monoisotopic (exact) mass is 474 g/mol. The van der Waals surface area contributed by atoms with Gasteiger partial charge in [0.15, 0.2) is 11.0 Å². The Kier molecular flexibility index (Phi) is 9.95. The minimum atomic E-state index is -0.681. The van der Waals surface area contributed by atoms with E-state index in [1.165, 1.54) is 11.6 Å². The summed E-state index contributed by atoms with van der Waals surface area (Å²) in [5.74, 6) is -0.223. The molecule has 0 saturated carbocycles. The van der Waals surface area contributed by atoms with Gasteiger partial charge in [-0.3, -0.25) is 9.69 Å². The number of nitrogens with one attached hydrogen (secondary N) is 2. The third-order valence-electron chi connectivity index (χ3n) is 6.37. The molecule has 2 heterocycles.